The van der Waals surface area contributed by atoms with Gasteiger partial charge in [-0.25, -0.2) is 4.39 Å². The van der Waals surface area contributed by atoms with Crippen LogP contribution in [-0.4, -0.2) is 41.9 Å². The first-order valence-electron chi connectivity index (χ1n) is 12.0. The first-order chi connectivity index (χ1) is 16.8. The summed E-state index contributed by atoms with van der Waals surface area (Å²) in [4.78, 5) is 7.35. The lowest BCUT2D eigenvalue weighted by Crippen LogP contribution is -2.40. The van der Waals surface area contributed by atoms with Crippen molar-refractivity contribution in [1.29, 1.82) is 0 Å². The van der Waals surface area contributed by atoms with Crippen LogP contribution in [0.5, 0.6) is 5.75 Å². The van der Waals surface area contributed by atoms with Crippen molar-refractivity contribution in [3.05, 3.63) is 65.9 Å². The molecule has 0 bridgehead atoms. The lowest BCUT2D eigenvalue weighted by Gasteiger charge is -2.36. The van der Waals surface area contributed by atoms with Crippen molar-refractivity contribution in [3.63, 3.8) is 0 Å². The third kappa shape index (κ3) is 6.67. The highest BCUT2D eigenvalue weighted by molar-refractivity contribution is 7.99. The SMILES string of the molecule is COc1ccc2nccc(C(F)CCC3CCCCN3CCSc3cccc(C(F)(F)F)c3)c2c1. The molecule has 0 radical (unpaired) electrons. The van der Waals surface area contributed by atoms with E-state index in [-0.39, 0.29) is 6.04 Å². The Morgan fingerprint density at radius 2 is 2.00 bits per heavy atom. The number of aromatic nitrogens is 1. The van der Waals surface area contributed by atoms with Gasteiger partial charge in [-0.05, 0) is 80.3 Å². The van der Waals surface area contributed by atoms with E-state index >= 15 is 4.39 Å². The second-order valence-electron chi connectivity index (χ2n) is 8.89. The van der Waals surface area contributed by atoms with Crippen LogP contribution < -0.4 is 4.74 Å². The van der Waals surface area contributed by atoms with Crippen LogP contribution in [0.3, 0.4) is 0 Å². The van der Waals surface area contributed by atoms with E-state index in [1.165, 1.54) is 23.9 Å². The van der Waals surface area contributed by atoms with Crippen molar-refractivity contribution in [1.82, 2.24) is 9.88 Å². The van der Waals surface area contributed by atoms with E-state index in [0.717, 1.165) is 55.7 Å². The molecule has 3 aromatic rings. The number of ether oxygens (including phenoxy) is 1. The zero-order chi connectivity index (χ0) is 24.8. The molecule has 2 aromatic carbocycles. The van der Waals surface area contributed by atoms with Crippen LogP contribution >= 0.6 is 11.8 Å². The van der Waals surface area contributed by atoms with E-state index in [2.05, 4.69) is 9.88 Å². The Morgan fingerprint density at radius 1 is 1.14 bits per heavy atom. The Labute approximate surface area is 207 Å². The molecule has 3 nitrogen and oxygen atoms in total. The molecule has 4 rings (SSSR count). The smallest absolute Gasteiger partial charge is 0.416 e. The van der Waals surface area contributed by atoms with Crippen molar-refractivity contribution in [2.45, 2.75) is 55.4 Å². The number of hydrogen-bond acceptors (Lipinski definition) is 4. The van der Waals surface area contributed by atoms with Crippen molar-refractivity contribution in [3.8, 4) is 5.75 Å². The van der Waals surface area contributed by atoms with Gasteiger partial charge in [0.2, 0.25) is 0 Å². The molecule has 35 heavy (non-hydrogen) atoms. The number of thioether (sulfide) groups is 1. The van der Waals surface area contributed by atoms with E-state index in [0.29, 0.717) is 28.4 Å². The van der Waals surface area contributed by atoms with Crippen LogP contribution in [0.15, 0.2) is 59.6 Å². The van der Waals surface area contributed by atoms with Crippen LogP contribution in [0.1, 0.15) is 49.4 Å². The van der Waals surface area contributed by atoms with Gasteiger partial charge in [0.25, 0.3) is 0 Å². The fourth-order valence-electron chi connectivity index (χ4n) is 4.77. The van der Waals surface area contributed by atoms with Gasteiger partial charge in [0.15, 0.2) is 0 Å². The molecule has 0 spiro atoms. The van der Waals surface area contributed by atoms with Crippen LogP contribution in [0.4, 0.5) is 17.6 Å². The third-order valence-electron chi connectivity index (χ3n) is 6.63. The van der Waals surface area contributed by atoms with Gasteiger partial charge in [0.05, 0.1) is 18.2 Å². The molecule has 1 aromatic heterocycles. The van der Waals surface area contributed by atoms with Gasteiger partial charge in [-0.15, -0.1) is 11.8 Å². The van der Waals surface area contributed by atoms with Crippen LogP contribution in [0, 0.1) is 0 Å². The minimum Gasteiger partial charge on any atom is -0.497 e. The Hall–Kier alpha value is -2.32. The van der Waals surface area contributed by atoms with Gasteiger partial charge in [-0.2, -0.15) is 13.2 Å². The van der Waals surface area contributed by atoms with E-state index in [9.17, 15) is 13.2 Å². The standard InChI is InChI=1S/C27H30F4N2OS/c1-34-21-9-11-26-24(18-21)23(12-13-32-26)25(28)10-8-20-6-2-3-14-33(20)15-16-35-22-7-4-5-19(17-22)27(29,30)31/h4-5,7,9,11-13,17-18,20,25H,2-3,6,8,10,14-16H2,1H3. The van der Waals surface area contributed by atoms with E-state index in [1.54, 1.807) is 25.4 Å². The second-order valence-corrected chi connectivity index (χ2v) is 10.1. The molecule has 2 unspecified atom stereocenters. The Bertz CT molecular complexity index is 1120. The fraction of sp³-hybridized carbons (Fsp3) is 0.444. The normalized spacial score (nSPS) is 18.0. The Kier molecular flexibility index (Phi) is 8.55. The van der Waals surface area contributed by atoms with Crippen molar-refractivity contribution in [2.24, 2.45) is 0 Å². The highest BCUT2D eigenvalue weighted by Crippen LogP contribution is 2.34. The van der Waals surface area contributed by atoms with Gasteiger partial charge < -0.3 is 4.74 Å². The molecular formula is C27H30F4N2OS. The van der Waals surface area contributed by atoms with Gasteiger partial charge in [-0.1, -0.05) is 12.5 Å². The summed E-state index contributed by atoms with van der Waals surface area (Å²) in [6.45, 7) is 1.72. The molecule has 1 saturated heterocycles. The van der Waals surface area contributed by atoms with E-state index < -0.39 is 17.9 Å². The number of benzene rings is 2. The number of hydrogen-bond donors (Lipinski definition) is 0. The third-order valence-corrected chi connectivity index (χ3v) is 7.60. The molecular weight excluding hydrogens is 476 g/mol. The lowest BCUT2D eigenvalue weighted by molar-refractivity contribution is -0.137. The molecule has 1 aliphatic heterocycles. The minimum absolute atomic E-state index is 0.284. The predicted octanol–water partition coefficient (Wildman–Crippen LogP) is 7.70. The fourth-order valence-corrected chi connectivity index (χ4v) is 5.71. The molecule has 1 aliphatic rings. The number of likely N-dealkylation sites (tertiary alicyclic amines) is 1. The molecule has 188 valence electrons. The van der Waals surface area contributed by atoms with Gasteiger partial charge >= 0.3 is 6.18 Å². The number of pyridine rings is 1. The Morgan fingerprint density at radius 3 is 2.80 bits per heavy atom. The van der Waals surface area contributed by atoms with E-state index in [1.807, 2.05) is 18.2 Å². The second kappa shape index (κ2) is 11.6. The summed E-state index contributed by atoms with van der Waals surface area (Å²) in [6, 6.07) is 13.0. The Balaban J connectivity index is 1.34. The molecule has 0 aliphatic carbocycles. The summed E-state index contributed by atoms with van der Waals surface area (Å²) in [7, 11) is 1.59. The van der Waals surface area contributed by atoms with E-state index in [4.69, 9.17) is 4.74 Å². The number of piperidine rings is 1. The zero-order valence-corrected chi connectivity index (χ0v) is 20.5. The first-order valence-corrected chi connectivity index (χ1v) is 12.9. The summed E-state index contributed by atoms with van der Waals surface area (Å²) in [5.74, 6) is 1.38. The van der Waals surface area contributed by atoms with Gasteiger partial charge in [0.1, 0.15) is 11.9 Å². The molecule has 2 heterocycles. The topological polar surface area (TPSA) is 25.4 Å². The summed E-state index contributed by atoms with van der Waals surface area (Å²) in [5, 5.41) is 0.775. The number of alkyl halides is 4. The molecule has 2 atom stereocenters. The number of nitrogens with zero attached hydrogens (tertiary/aromatic N) is 2. The first kappa shape index (κ1) is 25.8. The summed E-state index contributed by atoms with van der Waals surface area (Å²) in [5.41, 5.74) is 0.766. The molecule has 8 heteroatoms. The summed E-state index contributed by atoms with van der Waals surface area (Å²) >= 11 is 1.44. The maximum atomic E-state index is 15.4. The van der Waals surface area contributed by atoms with Crippen LogP contribution in [0.2, 0.25) is 0 Å². The largest absolute Gasteiger partial charge is 0.497 e. The predicted molar refractivity (Wildman–Crippen MR) is 133 cm³/mol. The molecule has 0 saturated carbocycles. The van der Waals surface area contributed by atoms with Crippen molar-refractivity contribution in [2.75, 3.05) is 26.0 Å². The average molecular weight is 507 g/mol. The molecule has 1 fully saturated rings. The van der Waals surface area contributed by atoms with Gasteiger partial charge in [-0.3, -0.25) is 9.88 Å². The quantitative estimate of drug-likeness (QED) is 0.219. The number of rotatable bonds is 9. The zero-order valence-electron chi connectivity index (χ0n) is 19.7. The average Bonchev–Trinajstić information content (AvgIpc) is 2.87. The van der Waals surface area contributed by atoms with Crippen molar-refractivity contribution >= 4 is 22.7 Å². The van der Waals surface area contributed by atoms with Crippen LogP contribution in [0.25, 0.3) is 10.9 Å². The van der Waals surface area contributed by atoms with Gasteiger partial charge in [0, 0.05) is 34.8 Å². The number of halogens is 4. The molecule has 0 N–H and O–H groups in total. The maximum absolute atomic E-state index is 15.4. The van der Waals surface area contributed by atoms with Crippen molar-refractivity contribution < 1.29 is 22.3 Å². The van der Waals surface area contributed by atoms with Crippen LogP contribution in [-0.2, 0) is 6.18 Å². The number of fused-ring (bicyclic) bond motifs is 1. The highest BCUT2D eigenvalue weighted by atomic mass is 32.2. The lowest BCUT2D eigenvalue weighted by atomic mass is 9.94. The number of methoxy groups -OCH3 is 1. The summed E-state index contributed by atoms with van der Waals surface area (Å²) < 4.78 is 59.6. The highest BCUT2D eigenvalue weighted by Gasteiger charge is 2.30. The monoisotopic (exact) mass is 506 g/mol. The summed E-state index contributed by atoms with van der Waals surface area (Å²) in [6.07, 6.45) is 0.605. The maximum Gasteiger partial charge on any atom is 0.416 e. The minimum atomic E-state index is -4.33. The molecule has 0 amide bonds.